The van der Waals surface area contributed by atoms with Crippen molar-refractivity contribution in [3.05, 3.63) is 24.3 Å². The van der Waals surface area contributed by atoms with Gasteiger partial charge in [0.05, 0.1) is 18.0 Å². The summed E-state index contributed by atoms with van der Waals surface area (Å²) in [7, 11) is 2.19. The van der Waals surface area contributed by atoms with E-state index < -0.39 is 0 Å². The van der Waals surface area contributed by atoms with Gasteiger partial charge in [0.25, 0.3) is 0 Å². The molecule has 0 aliphatic carbocycles. The average Bonchev–Trinajstić information content (AvgIpc) is 2.79. The van der Waals surface area contributed by atoms with Crippen molar-refractivity contribution in [3.63, 3.8) is 0 Å². The van der Waals surface area contributed by atoms with E-state index in [1.54, 1.807) is 0 Å². The highest BCUT2D eigenvalue weighted by atomic mass is 79.9. The van der Waals surface area contributed by atoms with E-state index in [1.165, 1.54) is 69.3 Å². The van der Waals surface area contributed by atoms with Gasteiger partial charge in [-0.05, 0) is 18.6 Å². The SMILES string of the molecule is Br.CCCCCCCCCCN1CN(C)c2ccccc21. The lowest BCUT2D eigenvalue weighted by Crippen LogP contribution is -2.28. The highest BCUT2D eigenvalue weighted by Gasteiger charge is 2.21. The van der Waals surface area contributed by atoms with E-state index in [1.807, 2.05) is 0 Å². The lowest BCUT2D eigenvalue weighted by Gasteiger charge is -2.19. The number of halogens is 1. The molecular weight excluding hydrogens is 324 g/mol. The van der Waals surface area contributed by atoms with E-state index in [9.17, 15) is 0 Å². The molecule has 0 radical (unpaired) electrons. The molecular formula is C18H31BrN2. The third kappa shape index (κ3) is 5.54. The fraction of sp³-hybridized carbons (Fsp3) is 0.667. The molecule has 0 bridgehead atoms. The summed E-state index contributed by atoms with van der Waals surface area (Å²) in [5.41, 5.74) is 2.80. The summed E-state index contributed by atoms with van der Waals surface area (Å²) in [6, 6.07) is 8.76. The zero-order chi connectivity index (χ0) is 14.2. The number of nitrogens with zero attached hydrogens (tertiary/aromatic N) is 2. The minimum atomic E-state index is 0. The highest BCUT2D eigenvalue weighted by molar-refractivity contribution is 8.93. The van der Waals surface area contributed by atoms with Crippen LogP contribution in [0.1, 0.15) is 58.3 Å². The van der Waals surface area contributed by atoms with Crippen LogP contribution in [0, 0.1) is 0 Å². The fourth-order valence-corrected chi connectivity index (χ4v) is 3.09. The van der Waals surface area contributed by atoms with Crippen molar-refractivity contribution in [1.82, 2.24) is 0 Å². The van der Waals surface area contributed by atoms with Crippen molar-refractivity contribution in [3.8, 4) is 0 Å². The van der Waals surface area contributed by atoms with Crippen LogP contribution < -0.4 is 9.80 Å². The summed E-state index contributed by atoms with van der Waals surface area (Å²) in [4.78, 5) is 4.87. The van der Waals surface area contributed by atoms with E-state index >= 15 is 0 Å². The molecule has 21 heavy (non-hydrogen) atoms. The minimum Gasteiger partial charge on any atom is -0.355 e. The monoisotopic (exact) mass is 354 g/mol. The zero-order valence-corrected chi connectivity index (χ0v) is 15.4. The Bertz CT molecular complexity index is 395. The van der Waals surface area contributed by atoms with Gasteiger partial charge in [-0.25, -0.2) is 0 Å². The Morgan fingerprint density at radius 3 is 2.10 bits per heavy atom. The fourth-order valence-electron chi connectivity index (χ4n) is 3.09. The van der Waals surface area contributed by atoms with Gasteiger partial charge in [-0.3, -0.25) is 0 Å². The van der Waals surface area contributed by atoms with Crippen molar-refractivity contribution in [2.75, 3.05) is 30.1 Å². The Balaban J connectivity index is 0.00000220. The molecule has 0 N–H and O–H groups in total. The summed E-state index contributed by atoms with van der Waals surface area (Å²) in [6.45, 7) is 4.54. The largest absolute Gasteiger partial charge is 0.355 e. The predicted molar refractivity (Wildman–Crippen MR) is 100.0 cm³/mol. The van der Waals surface area contributed by atoms with Gasteiger partial charge in [0.2, 0.25) is 0 Å². The van der Waals surface area contributed by atoms with Crippen LogP contribution in [-0.2, 0) is 0 Å². The second-order valence-electron chi connectivity index (χ2n) is 6.07. The number of para-hydroxylation sites is 2. The molecule has 3 heteroatoms. The van der Waals surface area contributed by atoms with E-state index in [-0.39, 0.29) is 17.0 Å². The Kier molecular flexibility index (Phi) is 8.82. The Hall–Kier alpha value is -0.700. The molecule has 0 fully saturated rings. The lowest BCUT2D eigenvalue weighted by atomic mass is 10.1. The maximum atomic E-state index is 2.52. The molecule has 0 saturated heterocycles. The van der Waals surface area contributed by atoms with Gasteiger partial charge in [0, 0.05) is 13.6 Å². The summed E-state index contributed by atoms with van der Waals surface area (Å²) in [5.74, 6) is 0. The van der Waals surface area contributed by atoms with Gasteiger partial charge in [-0.2, -0.15) is 0 Å². The van der Waals surface area contributed by atoms with Crippen LogP contribution in [0.15, 0.2) is 24.3 Å². The molecule has 120 valence electrons. The van der Waals surface area contributed by atoms with E-state index in [0.29, 0.717) is 0 Å². The molecule has 0 amide bonds. The number of rotatable bonds is 9. The number of unbranched alkanes of at least 4 members (excludes halogenated alkanes) is 7. The molecule has 0 aromatic heterocycles. The number of hydrogen-bond acceptors (Lipinski definition) is 2. The lowest BCUT2D eigenvalue weighted by molar-refractivity contribution is 0.572. The standard InChI is InChI=1S/C18H30N2.BrH/c1-3-4-5-6-7-8-9-12-15-20-16-19(2)17-13-10-11-14-18(17)20;/h10-11,13-14H,3-9,12,15-16H2,1-2H3;1H. The number of benzene rings is 1. The van der Waals surface area contributed by atoms with Crippen LogP contribution in [0.2, 0.25) is 0 Å². The molecule has 1 heterocycles. The smallest absolute Gasteiger partial charge is 0.0901 e. The van der Waals surface area contributed by atoms with Crippen molar-refractivity contribution in [2.45, 2.75) is 58.3 Å². The van der Waals surface area contributed by atoms with Gasteiger partial charge in [-0.15, -0.1) is 17.0 Å². The summed E-state index contributed by atoms with van der Waals surface area (Å²) < 4.78 is 0. The van der Waals surface area contributed by atoms with Crippen LogP contribution in [0.5, 0.6) is 0 Å². The Labute approximate surface area is 141 Å². The Morgan fingerprint density at radius 1 is 0.857 bits per heavy atom. The van der Waals surface area contributed by atoms with Crippen molar-refractivity contribution in [2.24, 2.45) is 0 Å². The van der Waals surface area contributed by atoms with Gasteiger partial charge >= 0.3 is 0 Å². The number of fused-ring (bicyclic) bond motifs is 1. The predicted octanol–water partition coefficient (Wildman–Crippen LogP) is 5.62. The number of hydrogen-bond donors (Lipinski definition) is 0. The quantitative estimate of drug-likeness (QED) is 0.531. The summed E-state index contributed by atoms with van der Waals surface area (Å²) >= 11 is 0. The molecule has 2 rings (SSSR count). The molecule has 0 spiro atoms. The van der Waals surface area contributed by atoms with E-state index in [0.717, 1.165) is 6.67 Å². The highest BCUT2D eigenvalue weighted by Crippen LogP contribution is 2.34. The summed E-state index contributed by atoms with van der Waals surface area (Å²) in [6.07, 6.45) is 11.2. The van der Waals surface area contributed by atoms with Crippen LogP contribution in [0.3, 0.4) is 0 Å². The van der Waals surface area contributed by atoms with E-state index in [4.69, 9.17) is 0 Å². The third-order valence-electron chi connectivity index (χ3n) is 4.30. The van der Waals surface area contributed by atoms with Crippen LogP contribution >= 0.6 is 17.0 Å². The normalized spacial score (nSPS) is 13.2. The number of anilines is 2. The molecule has 0 saturated carbocycles. The minimum absolute atomic E-state index is 0. The first-order valence-electron chi connectivity index (χ1n) is 8.38. The third-order valence-corrected chi connectivity index (χ3v) is 4.30. The second-order valence-corrected chi connectivity index (χ2v) is 6.07. The second kappa shape index (κ2) is 10.1. The molecule has 2 nitrogen and oxygen atoms in total. The molecule has 1 aliphatic heterocycles. The maximum Gasteiger partial charge on any atom is 0.0901 e. The van der Waals surface area contributed by atoms with E-state index in [2.05, 4.69) is 48.0 Å². The first-order valence-corrected chi connectivity index (χ1v) is 8.38. The van der Waals surface area contributed by atoms with Crippen molar-refractivity contribution >= 4 is 28.4 Å². The van der Waals surface area contributed by atoms with Crippen molar-refractivity contribution in [1.29, 1.82) is 0 Å². The maximum absolute atomic E-state index is 2.52. The van der Waals surface area contributed by atoms with Gasteiger partial charge in [0.1, 0.15) is 0 Å². The van der Waals surface area contributed by atoms with Crippen LogP contribution in [0.4, 0.5) is 11.4 Å². The first-order chi connectivity index (χ1) is 9.83. The average molecular weight is 355 g/mol. The molecule has 1 aromatic rings. The molecule has 1 aliphatic rings. The zero-order valence-electron chi connectivity index (χ0n) is 13.7. The van der Waals surface area contributed by atoms with Crippen LogP contribution in [-0.4, -0.2) is 20.3 Å². The van der Waals surface area contributed by atoms with Crippen LogP contribution in [0.25, 0.3) is 0 Å². The van der Waals surface area contributed by atoms with Gasteiger partial charge in [-0.1, -0.05) is 64.0 Å². The van der Waals surface area contributed by atoms with Crippen molar-refractivity contribution < 1.29 is 0 Å². The summed E-state index contributed by atoms with van der Waals surface area (Å²) in [5, 5.41) is 0. The molecule has 0 unspecified atom stereocenters. The molecule has 0 atom stereocenters. The van der Waals surface area contributed by atoms with Gasteiger partial charge in [0.15, 0.2) is 0 Å². The topological polar surface area (TPSA) is 6.48 Å². The first kappa shape index (κ1) is 18.3. The molecule has 1 aromatic carbocycles. The van der Waals surface area contributed by atoms with Gasteiger partial charge < -0.3 is 9.80 Å². The Morgan fingerprint density at radius 2 is 1.43 bits per heavy atom.